The van der Waals surface area contributed by atoms with Gasteiger partial charge in [-0.15, -0.1) is 0 Å². The second kappa shape index (κ2) is 4.69. The second-order valence-corrected chi connectivity index (χ2v) is 2.63. The number of amides is 1. The number of carbonyl (C=O) groups excluding carboxylic acids is 1. The number of aliphatic carboxylic acids is 1. The fourth-order valence-corrected chi connectivity index (χ4v) is 0.646. The Hall–Kier alpha value is -1.13. The molecule has 2 atom stereocenters. The lowest BCUT2D eigenvalue weighted by Gasteiger charge is -2.07. The average Bonchev–Trinajstić information content (AvgIpc) is 1.84. The van der Waals surface area contributed by atoms with Crippen molar-refractivity contribution in [2.24, 2.45) is 5.92 Å². The van der Waals surface area contributed by atoms with Crippen molar-refractivity contribution in [3.63, 3.8) is 0 Å². The fraction of sp³-hybridized carbons (Fsp3) is 0.714. The van der Waals surface area contributed by atoms with Crippen molar-refractivity contribution in [3.05, 3.63) is 0 Å². The first kappa shape index (κ1) is 10.9. The van der Waals surface area contributed by atoms with Crippen molar-refractivity contribution in [3.8, 4) is 0 Å². The van der Waals surface area contributed by atoms with E-state index in [9.17, 15) is 14.0 Å². The van der Waals surface area contributed by atoms with Crippen LogP contribution in [0.1, 0.15) is 20.3 Å². The molecule has 0 aromatic rings. The predicted molar refractivity (Wildman–Crippen MR) is 40.1 cm³/mol. The molecule has 0 aliphatic carbocycles. The molecule has 0 radical (unpaired) electrons. The molecular formula is C7H12FNO3. The van der Waals surface area contributed by atoms with Crippen LogP contribution in [-0.2, 0) is 9.59 Å². The fourth-order valence-electron chi connectivity index (χ4n) is 0.646. The van der Waals surface area contributed by atoms with E-state index in [0.29, 0.717) is 0 Å². The van der Waals surface area contributed by atoms with Crippen LogP contribution in [0.25, 0.3) is 0 Å². The van der Waals surface area contributed by atoms with E-state index < -0.39 is 24.1 Å². The lowest BCUT2D eigenvalue weighted by molar-refractivity contribution is -0.143. The molecule has 5 heteroatoms. The van der Waals surface area contributed by atoms with Gasteiger partial charge in [0.15, 0.2) is 6.30 Å². The van der Waals surface area contributed by atoms with Gasteiger partial charge in [0.25, 0.3) is 0 Å². The normalized spacial score (nSPS) is 14.9. The molecule has 1 unspecified atom stereocenters. The third-order valence-corrected chi connectivity index (χ3v) is 1.27. The summed E-state index contributed by atoms with van der Waals surface area (Å²) in [7, 11) is 0. The summed E-state index contributed by atoms with van der Waals surface area (Å²) in [4.78, 5) is 21.0. The molecular weight excluding hydrogens is 165 g/mol. The molecule has 1 amide bonds. The number of hydrogen-bond acceptors (Lipinski definition) is 2. The molecule has 0 spiro atoms. The third-order valence-electron chi connectivity index (χ3n) is 1.27. The van der Waals surface area contributed by atoms with Gasteiger partial charge in [0.2, 0.25) is 5.91 Å². The minimum atomic E-state index is -1.43. The number of nitrogens with one attached hydrogen (secondary N) is 1. The van der Waals surface area contributed by atoms with E-state index in [1.54, 1.807) is 0 Å². The zero-order valence-corrected chi connectivity index (χ0v) is 7.00. The van der Waals surface area contributed by atoms with Gasteiger partial charge in [0.05, 0.1) is 5.92 Å². The quantitative estimate of drug-likeness (QED) is 0.615. The number of hydrogen-bond donors (Lipinski definition) is 2. The topological polar surface area (TPSA) is 66.4 Å². The molecule has 2 N–H and O–H groups in total. The van der Waals surface area contributed by atoms with E-state index in [-0.39, 0.29) is 6.42 Å². The van der Waals surface area contributed by atoms with Gasteiger partial charge in [-0.05, 0) is 6.92 Å². The van der Waals surface area contributed by atoms with Crippen molar-refractivity contribution in [2.75, 3.05) is 0 Å². The molecule has 0 saturated heterocycles. The lowest BCUT2D eigenvalue weighted by atomic mass is 10.1. The monoisotopic (exact) mass is 177 g/mol. The van der Waals surface area contributed by atoms with Crippen LogP contribution in [0.15, 0.2) is 0 Å². The highest BCUT2D eigenvalue weighted by Crippen LogP contribution is 2.01. The van der Waals surface area contributed by atoms with E-state index in [2.05, 4.69) is 0 Å². The van der Waals surface area contributed by atoms with Gasteiger partial charge in [-0.25, -0.2) is 4.39 Å². The molecule has 0 saturated carbocycles. The molecule has 0 aromatic heterocycles. The van der Waals surface area contributed by atoms with Crippen LogP contribution in [0, 0.1) is 5.92 Å². The Labute approximate surface area is 69.8 Å². The van der Waals surface area contributed by atoms with Gasteiger partial charge in [-0.1, -0.05) is 6.92 Å². The van der Waals surface area contributed by atoms with Crippen molar-refractivity contribution in [1.29, 1.82) is 0 Å². The summed E-state index contributed by atoms with van der Waals surface area (Å²) in [5.74, 6) is -2.42. The summed E-state index contributed by atoms with van der Waals surface area (Å²) < 4.78 is 12.1. The van der Waals surface area contributed by atoms with Gasteiger partial charge >= 0.3 is 5.97 Å². The number of carboxylic acid groups (broad SMARTS) is 1. The Morgan fingerprint density at radius 2 is 2.00 bits per heavy atom. The maximum Gasteiger partial charge on any atom is 0.306 e. The first-order chi connectivity index (χ1) is 5.43. The Morgan fingerprint density at radius 3 is 2.33 bits per heavy atom. The Bertz CT molecular complexity index is 181. The highest BCUT2D eigenvalue weighted by molar-refractivity contribution is 5.81. The summed E-state index contributed by atoms with van der Waals surface area (Å²) in [5.41, 5.74) is 0. The van der Waals surface area contributed by atoms with E-state index in [0.717, 1.165) is 0 Å². The van der Waals surface area contributed by atoms with Crippen LogP contribution < -0.4 is 5.32 Å². The van der Waals surface area contributed by atoms with Crippen LogP contribution in [-0.4, -0.2) is 23.3 Å². The number of rotatable bonds is 4. The van der Waals surface area contributed by atoms with Crippen molar-refractivity contribution in [2.45, 2.75) is 26.6 Å². The molecule has 0 fully saturated rings. The first-order valence-corrected chi connectivity index (χ1v) is 3.59. The highest BCUT2D eigenvalue weighted by Gasteiger charge is 2.16. The summed E-state index contributed by atoms with van der Waals surface area (Å²) in [6, 6.07) is 0. The molecule has 0 aromatic carbocycles. The zero-order valence-electron chi connectivity index (χ0n) is 7.00. The zero-order chi connectivity index (χ0) is 9.72. The van der Waals surface area contributed by atoms with E-state index in [1.165, 1.54) is 13.8 Å². The molecule has 0 rings (SSSR count). The maximum absolute atomic E-state index is 12.1. The molecule has 70 valence electrons. The van der Waals surface area contributed by atoms with Crippen LogP contribution in [0.2, 0.25) is 0 Å². The third kappa shape index (κ3) is 4.65. The summed E-state index contributed by atoms with van der Waals surface area (Å²) in [6.45, 7) is 2.56. The number of halogens is 1. The van der Waals surface area contributed by atoms with E-state index in [1.807, 2.05) is 5.32 Å². The molecule has 0 heterocycles. The second-order valence-electron chi connectivity index (χ2n) is 2.63. The molecule has 12 heavy (non-hydrogen) atoms. The highest BCUT2D eigenvalue weighted by atomic mass is 19.1. The average molecular weight is 177 g/mol. The number of alkyl halides is 1. The predicted octanol–water partition coefficient (Wildman–Crippen LogP) is 0.529. The van der Waals surface area contributed by atoms with Gasteiger partial charge in [-0.2, -0.15) is 0 Å². The summed E-state index contributed by atoms with van der Waals surface area (Å²) in [6.07, 6.45) is -1.62. The van der Waals surface area contributed by atoms with Crippen LogP contribution in [0.4, 0.5) is 4.39 Å². The Morgan fingerprint density at radius 1 is 1.50 bits per heavy atom. The van der Waals surface area contributed by atoms with Crippen LogP contribution in [0.5, 0.6) is 0 Å². The summed E-state index contributed by atoms with van der Waals surface area (Å²) >= 11 is 0. The van der Waals surface area contributed by atoms with Crippen molar-refractivity contribution in [1.82, 2.24) is 5.32 Å². The molecule has 0 aliphatic rings. The van der Waals surface area contributed by atoms with Crippen molar-refractivity contribution >= 4 is 11.9 Å². The Balaban J connectivity index is 3.77. The minimum Gasteiger partial charge on any atom is -0.481 e. The van der Waals surface area contributed by atoms with E-state index in [4.69, 9.17) is 5.11 Å². The van der Waals surface area contributed by atoms with Crippen LogP contribution in [0.3, 0.4) is 0 Å². The Kier molecular flexibility index (Phi) is 4.25. The van der Waals surface area contributed by atoms with Gasteiger partial charge < -0.3 is 10.4 Å². The minimum absolute atomic E-state index is 0.191. The molecule has 0 bridgehead atoms. The van der Waals surface area contributed by atoms with Crippen molar-refractivity contribution < 1.29 is 19.1 Å². The SMILES string of the molecule is CC(F)NC(=O)C[C@@H](C)C(=O)O. The molecule has 4 nitrogen and oxygen atoms in total. The van der Waals surface area contributed by atoms with E-state index >= 15 is 0 Å². The van der Waals surface area contributed by atoms with Crippen LogP contribution >= 0.6 is 0 Å². The lowest BCUT2D eigenvalue weighted by Crippen LogP contribution is -2.31. The maximum atomic E-state index is 12.1. The van der Waals surface area contributed by atoms with Gasteiger partial charge in [0, 0.05) is 6.42 Å². The number of carbonyl (C=O) groups is 2. The molecule has 0 aliphatic heterocycles. The summed E-state index contributed by atoms with van der Waals surface area (Å²) in [5, 5.41) is 10.4. The first-order valence-electron chi connectivity index (χ1n) is 3.59. The smallest absolute Gasteiger partial charge is 0.306 e. The number of carboxylic acids is 1. The van der Waals surface area contributed by atoms with Gasteiger partial charge in [0.1, 0.15) is 0 Å². The largest absolute Gasteiger partial charge is 0.481 e. The van der Waals surface area contributed by atoms with Gasteiger partial charge in [-0.3, -0.25) is 9.59 Å². The standard InChI is InChI=1S/C7H12FNO3/c1-4(7(11)12)3-6(10)9-5(2)8/h4-5H,3H2,1-2H3,(H,9,10)(H,11,12)/t4-,5?/m1/s1.